The number of ether oxygens (including phenoxy) is 1. The van der Waals surface area contributed by atoms with Crippen LogP contribution in [0, 0.1) is 5.82 Å². The molecule has 90 valence electrons. The molecule has 2 heterocycles. The fraction of sp³-hybridized carbons (Fsp3) is 0.0714. The maximum absolute atomic E-state index is 13.7. The number of pyridine rings is 1. The van der Waals surface area contributed by atoms with E-state index in [1.54, 1.807) is 31.5 Å². The second-order valence-corrected chi connectivity index (χ2v) is 3.92. The van der Waals surface area contributed by atoms with Crippen molar-refractivity contribution in [2.24, 2.45) is 0 Å². The van der Waals surface area contributed by atoms with Crippen LogP contribution in [0.25, 0.3) is 16.9 Å². The van der Waals surface area contributed by atoms with Gasteiger partial charge in [-0.05, 0) is 18.2 Å². The summed E-state index contributed by atoms with van der Waals surface area (Å²) in [5.74, 6) is 1.06. The van der Waals surface area contributed by atoms with Crippen LogP contribution in [0.5, 0.6) is 5.75 Å². The third kappa shape index (κ3) is 1.62. The van der Waals surface area contributed by atoms with Crippen molar-refractivity contribution in [1.82, 2.24) is 9.38 Å². The van der Waals surface area contributed by atoms with Crippen molar-refractivity contribution in [2.75, 3.05) is 7.11 Å². The van der Waals surface area contributed by atoms with Crippen molar-refractivity contribution < 1.29 is 9.13 Å². The minimum absolute atomic E-state index is 0.277. The molecule has 0 bridgehead atoms. The minimum atomic E-state index is -0.277. The van der Waals surface area contributed by atoms with Crippen LogP contribution in [-0.2, 0) is 0 Å². The van der Waals surface area contributed by atoms with E-state index in [9.17, 15) is 4.39 Å². The van der Waals surface area contributed by atoms with Crippen LogP contribution < -0.4 is 4.74 Å². The van der Waals surface area contributed by atoms with Crippen LogP contribution in [0.3, 0.4) is 0 Å². The highest BCUT2D eigenvalue weighted by Crippen LogP contribution is 2.24. The molecular formula is C14H11FN2O. The Labute approximate surface area is 103 Å². The first-order valence-corrected chi connectivity index (χ1v) is 5.55. The molecule has 0 saturated carbocycles. The van der Waals surface area contributed by atoms with Crippen molar-refractivity contribution in [2.45, 2.75) is 0 Å². The number of nitrogens with zero attached hydrogens (tertiary/aromatic N) is 2. The average Bonchev–Trinajstić information content (AvgIpc) is 2.82. The molecule has 0 amide bonds. The molecule has 0 radical (unpaired) electrons. The van der Waals surface area contributed by atoms with Gasteiger partial charge in [0.1, 0.15) is 17.4 Å². The molecule has 3 rings (SSSR count). The molecule has 3 nitrogen and oxygen atoms in total. The standard InChI is InChI=1S/C14H11FN2O/c1-18-11-6-7-17-10(8-11)9-16-14(17)12-4-2-3-5-13(12)15/h2-9H,1H3. The Balaban J connectivity index is 2.22. The van der Waals surface area contributed by atoms with Crippen molar-refractivity contribution in [3.63, 3.8) is 0 Å². The summed E-state index contributed by atoms with van der Waals surface area (Å²) in [6, 6.07) is 10.3. The van der Waals surface area contributed by atoms with E-state index in [0.29, 0.717) is 11.4 Å². The molecule has 1 aromatic carbocycles. The Kier molecular flexibility index (Phi) is 2.48. The molecular weight excluding hydrogens is 231 g/mol. The number of fused-ring (bicyclic) bond motifs is 1. The van der Waals surface area contributed by atoms with Gasteiger partial charge in [-0.1, -0.05) is 12.1 Å². The number of halogens is 1. The summed E-state index contributed by atoms with van der Waals surface area (Å²) < 4.78 is 20.7. The second-order valence-electron chi connectivity index (χ2n) is 3.92. The molecule has 0 saturated heterocycles. The van der Waals surface area contributed by atoms with E-state index in [4.69, 9.17) is 4.74 Å². The Morgan fingerprint density at radius 1 is 1.22 bits per heavy atom. The van der Waals surface area contributed by atoms with Gasteiger partial charge >= 0.3 is 0 Å². The lowest BCUT2D eigenvalue weighted by Gasteiger charge is -2.04. The molecule has 0 N–H and O–H groups in total. The van der Waals surface area contributed by atoms with Gasteiger partial charge in [-0.3, -0.25) is 4.40 Å². The van der Waals surface area contributed by atoms with Gasteiger partial charge in [-0.25, -0.2) is 9.37 Å². The van der Waals surface area contributed by atoms with Crippen LogP contribution in [0.2, 0.25) is 0 Å². The molecule has 0 aliphatic rings. The third-order valence-corrected chi connectivity index (χ3v) is 2.85. The van der Waals surface area contributed by atoms with Crippen molar-refractivity contribution >= 4 is 5.52 Å². The zero-order valence-corrected chi connectivity index (χ0v) is 9.80. The number of hydrogen-bond donors (Lipinski definition) is 0. The summed E-state index contributed by atoms with van der Waals surface area (Å²) >= 11 is 0. The van der Waals surface area contributed by atoms with Gasteiger partial charge in [0.2, 0.25) is 0 Å². The van der Waals surface area contributed by atoms with Gasteiger partial charge in [-0.2, -0.15) is 0 Å². The lowest BCUT2D eigenvalue weighted by atomic mass is 10.2. The molecule has 0 unspecified atom stereocenters. The van der Waals surface area contributed by atoms with E-state index in [2.05, 4.69) is 4.98 Å². The van der Waals surface area contributed by atoms with Crippen molar-refractivity contribution in [3.05, 3.63) is 54.6 Å². The average molecular weight is 242 g/mol. The third-order valence-electron chi connectivity index (χ3n) is 2.85. The Bertz CT molecular complexity index is 706. The summed E-state index contributed by atoms with van der Waals surface area (Å²) in [5, 5.41) is 0. The molecule has 2 aromatic heterocycles. The largest absolute Gasteiger partial charge is 0.497 e. The first-order valence-electron chi connectivity index (χ1n) is 5.55. The van der Waals surface area contributed by atoms with Crippen LogP contribution in [-0.4, -0.2) is 16.5 Å². The molecule has 3 aromatic rings. The lowest BCUT2D eigenvalue weighted by molar-refractivity contribution is 0.414. The summed E-state index contributed by atoms with van der Waals surface area (Å²) in [4.78, 5) is 4.27. The molecule has 0 aliphatic heterocycles. The van der Waals surface area contributed by atoms with E-state index in [1.165, 1.54) is 6.07 Å². The van der Waals surface area contributed by atoms with Crippen molar-refractivity contribution in [1.29, 1.82) is 0 Å². The zero-order chi connectivity index (χ0) is 12.5. The second kappa shape index (κ2) is 4.14. The Hall–Kier alpha value is -2.36. The molecule has 0 atom stereocenters. The van der Waals surface area contributed by atoms with Crippen LogP contribution in [0.15, 0.2) is 48.8 Å². The number of hydrogen-bond acceptors (Lipinski definition) is 2. The summed E-state index contributed by atoms with van der Waals surface area (Å²) in [5.41, 5.74) is 1.36. The Morgan fingerprint density at radius 2 is 2.06 bits per heavy atom. The fourth-order valence-electron chi connectivity index (χ4n) is 1.95. The Morgan fingerprint density at radius 3 is 2.83 bits per heavy atom. The number of aromatic nitrogens is 2. The van der Waals surface area contributed by atoms with Crippen LogP contribution >= 0.6 is 0 Å². The molecule has 0 fully saturated rings. The number of benzene rings is 1. The summed E-state index contributed by atoms with van der Waals surface area (Å²) in [7, 11) is 1.61. The maximum Gasteiger partial charge on any atom is 0.147 e. The van der Waals surface area contributed by atoms with E-state index in [-0.39, 0.29) is 5.82 Å². The van der Waals surface area contributed by atoms with Gasteiger partial charge < -0.3 is 4.74 Å². The molecule has 18 heavy (non-hydrogen) atoms. The molecule has 4 heteroatoms. The number of rotatable bonds is 2. The predicted molar refractivity (Wildman–Crippen MR) is 67.1 cm³/mol. The van der Waals surface area contributed by atoms with Crippen molar-refractivity contribution in [3.8, 4) is 17.1 Å². The number of imidazole rings is 1. The first-order chi connectivity index (χ1) is 8.79. The van der Waals surface area contributed by atoms with Gasteiger partial charge in [0.25, 0.3) is 0 Å². The van der Waals surface area contributed by atoms with Gasteiger partial charge in [0, 0.05) is 12.3 Å². The SMILES string of the molecule is COc1ccn2c(-c3ccccc3F)ncc2c1. The van der Waals surface area contributed by atoms with Crippen LogP contribution in [0.1, 0.15) is 0 Å². The summed E-state index contributed by atoms with van der Waals surface area (Å²) in [6.45, 7) is 0. The topological polar surface area (TPSA) is 26.5 Å². The first kappa shape index (κ1) is 10.8. The smallest absolute Gasteiger partial charge is 0.147 e. The van der Waals surface area contributed by atoms with Gasteiger partial charge in [0.05, 0.1) is 24.4 Å². The van der Waals surface area contributed by atoms with E-state index < -0.39 is 0 Å². The van der Waals surface area contributed by atoms with Gasteiger partial charge in [-0.15, -0.1) is 0 Å². The fourth-order valence-corrected chi connectivity index (χ4v) is 1.95. The van der Waals surface area contributed by atoms with E-state index in [0.717, 1.165) is 11.3 Å². The number of methoxy groups -OCH3 is 1. The predicted octanol–water partition coefficient (Wildman–Crippen LogP) is 3.15. The normalized spacial score (nSPS) is 10.8. The van der Waals surface area contributed by atoms with E-state index in [1.807, 2.05) is 22.7 Å². The highest BCUT2D eigenvalue weighted by Gasteiger charge is 2.10. The van der Waals surface area contributed by atoms with Crippen LogP contribution in [0.4, 0.5) is 4.39 Å². The van der Waals surface area contributed by atoms with E-state index >= 15 is 0 Å². The highest BCUT2D eigenvalue weighted by atomic mass is 19.1. The molecule has 0 spiro atoms. The minimum Gasteiger partial charge on any atom is -0.497 e. The summed E-state index contributed by atoms with van der Waals surface area (Å²) in [6.07, 6.45) is 3.52. The lowest BCUT2D eigenvalue weighted by Crippen LogP contribution is -1.92. The quantitative estimate of drug-likeness (QED) is 0.690. The van der Waals surface area contributed by atoms with Gasteiger partial charge in [0.15, 0.2) is 0 Å². The highest BCUT2D eigenvalue weighted by molar-refractivity contribution is 5.63. The maximum atomic E-state index is 13.7. The monoisotopic (exact) mass is 242 g/mol. The zero-order valence-electron chi connectivity index (χ0n) is 9.80. The molecule has 0 aliphatic carbocycles.